The zero-order valence-electron chi connectivity index (χ0n) is 11.0. The van der Waals surface area contributed by atoms with Crippen LogP contribution in [0.15, 0.2) is 36.4 Å². The number of aryl methyl sites for hydroxylation is 1. The van der Waals surface area contributed by atoms with Gasteiger partial charge in [0.15, 0.2) is 11.5 Å². The molecule has 3 nitrogen and oxygen atoms in total. The van der Waals surface area contributed by atoms with Crippen LogP contribution in [0.1, 0.15) is 17.0 Å². The molecule has 0 saturated heterocycles. The molecule has 100 valence electrons. The number of hydrogen-bond acceptors (Lipinski definition) is 3. The molecule has 1 heterocycles. The van der Waals surface area contributed by atoms with E-state index in [0.29, 0.717) is 6.61 Å². The molecule has 0 radical (unpaired) electrons. The van der Waals surface area contributed by atoms with Gasteiger partial charge in [0.1, 0.15) is 6.61 Å². The average Bonchev–Trinajstić information content (AvgIpc) is 2.45. The Labute approximate surface area is 121 Å². The fourth-order valence-electron chi connectivity index (χ4n) is 1.75. The minimum atomic E-state index is 0.436. The highest BCUT2D eigenvalue weighted by atomic mass is 79.9. The first-order chi connectivity index (χ1) is 9.22. The van der Waals surface area contributed by atoms with Crippen molar-refractivity contribution in [3.63, 3.8) is 0 Å². The van der Waals surface area contributed by atoms with Gasteiger partial charge in [-0.2, -0.15) is 0 Å². The second-order valence-electron chi connectivity index (χ2n) is 4.18. The molecule has 0 saturated carbocycles. The summed E-state index contributed by atoms with van der Waals surface area (Å²) in [5.74, 6) is 1.47. The van der Waals surface area contributed by atoms with Crippen LogP contribution in [-0.2, 0) is 11.9 Å². The molecule has 0 atom stereocenters. The van der Waals surface area contributed by atoms with Crippen molar-refractivity contribution in [3.8, 4) is 11.5 Å². The van der Waals surface area contributed by atoms with Crippen molar-refractivity contribution in [3.05, 3.63) is 53.3 Å². The van der Waals surface area contributed by atoms with Crippen molar-refractivity contribution in [2.45, 2.75) is 18.9 Å². The van der Waals surface area contributed by atoms with Crippen molar-refractivity contribution in [2.24, 2.45) is 0 Å². The highest BCUT2D eigenvalue weighted by molar-refractivity contribution is 9.08. The van der Waals surface area contributed by atoms with Gasteiger partial charge in [0.2, 0.25) is 0 Å². The second kappa shape index (κ2) is 6.57. The maximum absolute atomic E-state index is 5.77. The van der Waals surface area contributed by atoms with Crippen molar-refractivity contribution < 1.29 is 9.47 Å². The molecule has 1 aromatic heterocycles. The molecule has 2 aromatic rings. The number of rotatable bonds is 5. The molecule has 0 spiro atoms. The van der Waals surface area contributed by atoms with Crippen molar-refractivity contribution in [1.82, 2.24) is 4.98 Å². The Hall–Kier alpha value is -1.55. The lowest BCUT2D eigenvalue weighted by molar-refractivity contribution is 0.280. The van der Waals surface area contributed by atoms with E-state index in [0.717, 1.165) is 33.8 Å². The number of pyridine rings is 1. The zero-order valence-corrected chi connectivity index (χ0v) is 12.6. The summed E-state index contributed by atoms with van der Waals surface area (Å²) in [5.41, 5.74) is 3.05. The van der Waals surface area contributed by atoms with Crippen molar-refractivity contribution in [2.75, 3.05) is 7.11 Å². The molecule has 4 heteroatoms. The molecular formula is C15H16BrNO2. The summed E-state index contributed by atoms with van der Waals surface area (Å²) in [6.07, 6.45) is 0. The number of nitrogens with zero attached hydrogens (tertiary/aromatic N) is 1. The number of halogens is 1. The summed E-state index contributed by atoms with van der Waals surface area (Å²) >= 11 is 3.42. The summed E-state index contributed by atoms with van der Waals surface area (Å²) in [7, 11) is 1.64. The van der Waals surface area contributed by atoms with Crippen LogP contribution in [0.5, 0.6) is 11.5 Å². The van der Waals surface area contributed by atoms with Gasteiger partial charge in [-0.3, -0.25) is 4.98 Å². The fraction of sp³-hybridized carbons (Fsp3) is 0.267. The number of aromatic nitrogens is 1. The predicted molar refractivity (Wildman–Crippen MR) is 78.9 cm³/mol. The summed E-state index contributed by atoms with van der Waals surface area (Å²) in [5, 5.41) is 0.795. The van der Waals surface area contributed by atoms with Crippen LogP contribution >= 0.6 is 15.9 Å². The molecule has 0 aliphatic rings. The first-order valence-electron chi connectivity index (χ1n) is 6.01. The molecule has 1 aromatic carbocycles. The molecule has 0 aliphatic heterocycles. The Balaban J connectivity index is 2.11. The van der Waals surface area contributed by atoms with E-state index in [2.05, 4.69) is 20.9 Å². The van der Waals surface area contributed by atoms with Gasteiger partial charge in [0, 0.05) is 11.0 Å². The van der Waals surface area contributed by atoms with Gasteiger partial charge >= 0.3 is 0 Å². The Morgan fingerprint density at radius 2 is 2.00 bits per heavy atom. The maximum Gasteiger partial charge on any atom is 0.161 e. The van der Waals surface area contributed by atoms with E-state index >= 15 is 0 Å². The van der Waals surface area contributed by atoms with Crippen molar-refractivity contribution in [1.29, 1.82) is 0 Å². The van der Waals surface area contributed by atoms with Crippen LogP contribution in [0.4, 0.5) is 0 Å². The topological polar surface area (TPSA) is 31.4 Å². The molecule has 0 unspecified atom stereocenters. The van der Waals surface area contributed by atoms with Crippen molar-refractivity contribution >= 4 is 15.9 Å². The van der Waals surface area contributed by atoms with Crippen LogP contribution in [-0.4, -0.2) is 12.1 Å². The van der Waals surface area contributed by atoms with Crippen LogP contribution < -0.4 is 9.47 Å². The van der Waals surface area contributed by atoms with E-state index in [1.165, 1.54) is 0 Å². The van der Waals surface area contributed by atoms with Gasteiger partial charge in [-0.05, 0) is 36.8 Å². The summed E-state index contributed by atoms with van der Waals surface area (Å²) in [6, 6.07) is 11.8. The Morgan fingerprint density at radius 1 is 1.16 bits per heavy atom. The standard InChI is InChI=1S/C15H16BrNO2/c1-11-4-3-5-13(17-11)10-19-14-7-6-12(9-16)8-15(14)18-2/h3-8H,9-10H2,1-2H3. The number of ether oxygens (including phenoxy) is 2. The predicted octanol–water partition coefficient (Wildman–Crippen LogP) is 3.87. The molecule has 0 fully saturated rings. The van der Waals surface area contributed by atoms with Gasteiger partial charge in [0.25, 0.3) is 0 Å². The highest BCUT2D eigenvalue weighted by Crippen LogP contribution is 2.29. The number of hydrogen-bond donors (Lipinski definition) is 0. The molecule has 0 aliphatic carbocycles. The largest absolute Gasteiger partial charge is 0.493 e. The third-order valence-corrected chi connectivity index (χ3v) is 3.35. The van der Waals surface area contributed by atoms with E-state index in [4.69, 9.17) is 9.47 Å². The molecule has 19 heavy (non-hydrogen) atoms. The zero-order chi connectivity index (χ0) is 13.7. The van der Waals surface area contributed by atoms with E-state index in [1.807, 2.05) is 43.3 Å². The average molecular weight is 322 g/mol. The smallest absolute Gasteiger partial charge is 0.161 e. The molecule has 0 amide bonds. The van der Waals surface area contributed by atoms with Crippen LogP contribution in [0, 0.1) is 6.92 Å². The fourth-order valence-corrected chi connectivity index (χ4v) is 2.09. The first-order valence-corrected chi connectivity index (χ1v) is 7.13. The van der Waals surface area contributed by atoms with E-state index < -0.39 is 0 Å². The summed E-state index contributed by atoms with van der Waals surface area (Å²) in [6.45, 7) is 2.40. The molecular weight excluding hydrogens is 306 g/mol. The normalized spacial score (nSPS) is 10.3. The van der Waals surface area contributed by atoms with E-state index in [9.17, 15) is 0 Å². The lowest BCUT2D eigenvalue weighted by atomic mass is 10.2. The van der Waals surface area contributed by atoms with Gasteiger partial charge in [-0.1, -0.05) is 28.1 Å². The van der Waals surface area contributed by atoms with Gasteiger partial charge in [0.05, 0.1) is 12.8 Å². The maximum atomic E-state index is 5.77. The van der Waals surface area contributed by atoms with Crippen LogP contribution in [0.2, 0.25) is 0 Å². The minimum absolute atomic E-state index is 0.436. The molecule has 0 bridgehead atoms. The SMILES string of the molecule is COc1cc(CBr)ccc1OCc1cccc(C)n1. The second-order valence-corrected chi connectivity index (χ2v) is 4.74. The number of alkyl halides is 1. The summed E-state index contributed by atoms with van der Waals surface area (Å²) < 4.78 is 11.1. The van der Waals surface area contributed by atoms with Crippen LogP contribution in [0.3, 0.4) is 0 Å². The monoisotopic (exact) mass is 321 g/mol. The lowest BCUT2D eigenvalue weighted by Gasteiger charge is -2.11. The Bertz CT molecular complexity index is 558. The third kappa shape index (κ3) is 3.70. The quantitative estimate of drug-likeness (QED) is 0.783. The van der Waals surface area contributed by atoms with Crippen LogP contribution in [0.25, 0.3) is 0 Å². The molecule has 2 rings (SSSR count). The van der Waals surface area contributed by atoms with Gasteiger partial charge in [-0.15, -0.1) is 0 Å². The van der Waals surface area contributed by atoms with Gasteiger partial charge in [-0.25, -0.2) is 0 Å². The van der Waals surface area contributed by atoms with E-state index in [-0.39, 0.29) is 0 Å². The minimum Gasteiger partial charge on any atom is -0.493 e. The van der Waals surface area contributed by atoms with E-state index in [1.54, 1.807) is 7.11 Å². The van der Waals surface area contributed by atoms with Gasteiger partial charge < -0.3 is 9.47 Å². The lowest BCUT2D eigenvalue weighted by Crippen LogP contribution is -2.00. The summed E-state index contributed by atoms with van der Waals surface area (Å²) in [4.78, 5) is 4.40. The third-order valence-electron chi connectivity index (χ3n) is 2.70. The Kier molecular flexibility index (Phi) is 4.80. The highest BCUT2D eigenvalue weighted by Gasteiger charge is 2.06. The number of methoxy groups -OCH3 is 1. The number of benzene rings is 1. The molecule has 0 N–H and O–H groups in total. The first kappa shape index (κ1) is 13.9. The Morgan fingerprint density at radius 3 is 2.68 bits per heavy atom.